The summed E-state index contributed by atoms with van der Waals surface area (Å²) in [6.07, 6.45) is 1.26. The molecule has 0 saturated carbocycles. The first-order chi connectivity index (χ1) is 12.5. The highest BCUT2D eigenvalue weighted by Gasteiger charge is 2.23. The molecule has 0 spiro atoms. The van der Waals surface area contributed by atoms with Gasteiger partial charge >= 0.3 is 6.03 Å². The highest BCUT2D eigenvalue weighted by atomic mass is 16.5. The molecule has 0 aromatic heterocycles. The molecule has 4 N–H and O–H groups in total. The molecule has 1 aliphatic heterocycles. The number of rotatable bonds is 8. The van der Waals surface area contributed by atoms with Gasteiger partial charge in [0.15, 0.2) is 0 Å². The van der Waals surface area contributed by atoms with Crippen LogP contribution < -0.4 is 11.1 Å². The second-order valence-electron chi connectivity index (χ2n) is 7.52. The van der Waals surface area contributed by atoms with Crippen LogP contribution in [0.15, 0.2) is 30.3 Å². The van der Waals surface area contributed by atoms with Gasteiger partial charge in [0.2, 0.25) is 0 Å². The molecule has 6 nitrogen and oxygen atoms in total. The van der Waals surface area contributed by atoms with Gasteiger partial charge in [0.25, 0.3) is 0 Å². The van der Waals surface area contributed by atoms with Crippen molar-refractivity contribution >= 4 is 6.03 Å². The molecule has 0 aliphatic carbocycles. The average Bonchev–Trinajstić information content (AvgIpc) is 2.62. The van der Waals surface area contributed by atoms with E-state index in [0.29, 0.717) is 45.1 Å². The van der Waals surface area contributed by atoms with Crippen LogP contribution in [0.1, 0.15) is 44.7 Å². The molecule has 2 amide bonds. The maximum absolute atomic E-state index is 12.5. The van der Waals surface area contributed by atoms with Gasteiger partial charge < -0.3 is 25.8 Å². The van der Waals surface area contributed by atoms with E-state index in [1.54, 1.807) is 4.90 Å². The number of aliphatic hydroxyl groups excluding tert-OH is 1. The van der Waals surface area contributed by atoms with Crippen molar-refractivity contribution in [2.75, 3.05) is 26.3 Å². The van der Waals surface area contributed by atoms with Crippen LogP contribution >= 0.6 is 0 Å². The van der Waals surface area contributed by atoms with E-state index >= 15 is 0 Å². The predicted molar refractivity (Wildman–Crippen MR) is 103 cm³/mol. The molecule has 1 heterocycles. The Bertz CT molecular complexity index is 532. The topological polar surface area (TPSA) is 87.8 Å². The predicted octanol–water partition coefficient (Wildman–Crippen LogP) is 2.28. The van der Waals surface area contributed by atoms with E-state index in [1.807, 2.05) is 30.3 Å². The first-order valence-corrected chi connectivity index (χ1v) is 9.57. The lowest BCUT2D eigenvalue weighted by Gasteiger charge is -2.31. The molecule has 2 rings (SSSR count). The first kappa shape index (κ1) is 20.7. The highest BCUT2D eigenvalue weighted by Crippen LogP contribution is 2.19. The molecular weight excluding hydrogens is 330 g/mol. The van der Waals surface area contributed by atoms with Crippen molar-refractivity contribution in [3.63, 3.8) is 0 Å². The summed E-state index contributed by atoms with van der Waals surface area (Å²) in [7, 11) is 0. The fourth-order valence-electron chi connectivity index (χ4n) is 3.37. The van der Waals surface area contributed by atoms with Crippen molar-refractivity contribution in [2.24, 2.45) is 11.7 Å². The quantitative estimate of drug-likeness (QED) is 0.661. The summed E-state index contributed by atoms with van der Waals surface area (Å²) in [4.78, 5) is 14.2. The summed E-state index contributed by atoms with van der Waals surface area (Å²) in [5, 5.41) is 13.6. The van der Waals surface area contributed by atoms with Gasteiger partial charge in [-0.05, 0) is 30.7 Å². The number of ether oxygens (including phenoxy) is 1. The Morgan fingerprint density at radius 1 is 1.19 bits per heavy atom. The monoisotopic (exact) mass is 363 g/mol. The fraction of sp³-hybridized carbons (Fsp3) is 0.650. The van der Waals surface area contributed by atoms with Crippen LogP contribution in [0.3, 0.4) is 0 Å². The van der Waals surface area contributed by atoms with E-state index < -0.39 is 6.10 Å². The normalized spacial score (nSPS) is 18.4. The lowest BCUT2D eigenvalue weighted by atomic mass is 9.94. The number of carbonyl (C=O) groups excluding carboxylic acids is 1. The molecule has 26 heavy (non-hydrogen) atoms. The van der Waals surface area contributed by atoms with Crippen LogP contribution in [0.25, 0.3) is 0 Å². The van der Waals surface area contributed by atoms with Crippen LogP contribution in [0.5, 0.6) is 0 Å². The van der Waals surface area contributed by atoms with E-state index in [0.717, 1.165) is 12.0 Å². The summed E-state index contributed by atoms with van der Waals surface area (Å²) < 4.78 is 5.29. The number of nitrogens with one attached hydrogen (secondary N) is 1. The molecule has 1 aromatic carbocycles. The number of morpholine rings is 1. The minimum absolute atomic E-state index is 0.0664. The molecule has 0 bridgehead atoms. The van der Waals surface area contributed by atoms with Crippen molar-refractivity contribution in [2.45, 2.75) is 51.3 Å². The number of hydrogen-bond donors (Lipinski definition) is 3. The Morgan fingerprint density at radius 2 is 1.85 bits per heavy atom. The molecule has 1 saturated heterocycles. The Balaban J connectivity index is 1.88. The lowest BCUT2D eigenvalue weighted by Crippen LogP contribution is -2.50. The number of nitrogens with zero attached hydrogens (tertiary/aromatic N) is 1. The molecule has 1 aliphatic rings. The van der Waals surface area contributed by atoms with Gasteiger partial charge in [-0.25, -0.2) is 4.79 Å². The maximum atomic E-state index is 12.5. The molecule has 1 aromatic rings. The third kappa shape index (κ3) is 6.94. The van der Waals surface area contributed by atoms with E-state index in [-0.39, 0.29) is 18.1 Å². The van der Waals surface area contributed by atoms with Crippen molar-refractivity contribution in [1.29, 1.82) is 0 Å². The van der Waals surface area contributed by atoms with Gasteiger partial charge in [-0.3, -0.25) is 0 Å². The average molecular weight is 364 g/mol. The molecule has 3 atom stereocenters. The Hall–Kier alpha value is -1.63. The van der Waals surface area contributed by atoms with Gasteiger partial charge in [-0.2, -0.15) is 0 Å². The van der Waals surface area contributed by atoms with Gasteiger partial charge in [-0.15, -0.1) is 0 Å². The number of hydrogen-bond acceptors (Lipinski definition) is 4. The highest BCUT2D eigenvalue weighted by molar-refractivity contribution is 5.74. The first-order valence-electron chi connectivity index (χ1n) is 9.57. The van der Waals surface area contributed by atoms with Crippen molar-refractivity contribution in [3.8, 4) is 0 Å². The number of urea groups is 1. The van der Waals surface area contributed by atoms with Crippen molar-refractivity contribution in [1.82, 2.24) is 10.2 Å². The molecule has 6 heteroatoms. The Labute approximate surface area is 156 Å². The molecule has 0 radical (unpaired) electrons. The van der Waals surface area contributed by atoms with Gasteiger partial charge in [-0.1, -0.05) is 44.2 Å². The molecule has 146 valence electrons. The zero-order chi connectivity index (χ0) is 18.9. The summed E-state index contributed by atoms with van der Waals surface area (Å²) in [5.74, 6) is 0.431. The minimum atomic E-state index is -0.557. The summed E-state index contributed by atoms with van der Waals surface area (Å²) in [6.45, 7) is 6.63. The number of benzene rings is 1. The third-order valence-corrected chi connectivity index (χ3v) is 4.69. The molecular formula is C20H33N3O3. The zero-order valence-corrected chi connectivity index (χ0v) is 15.9. The van der Waals surface area contributed by atoms with Crippen molar-refractivity contribution < 1.29 is 14.6 Å². The SMILES string of the molecule is CC(C)CC(CC(O)CC(N)c1ccccc1)NC(=O)N1CCOCC1. The second-order valence-corrected chi connectivity index (χ2v) is 7.52. The third-order valence-electron chi connectivity index (χ3n) is 4.69. The summed E-state index contributed by atoms with van der Waals surface area (Å²) in [5.41, 5.74) is 7.24. The minimum Gasteiger partial charge on any atom is -0.393 e. The lowest BCUT2D eigenvalue weighted by molar-refractivity contribution is 0.0512. The van der Waals surface area contributed by atoms with Crippen molar-refractivity contribution in [3.05, 3.63) is 35.9 Å². The standard InChI is InChI=1S/C20H33N3O3/c1-15(2)12-17(22-20(25)23-8-10-26-11-9-23)13-18(24)14-19(21)16-6-4-3-5-7-16/h3-7,15,17-19,24H,8-14,21H2,1-2H3,(H,22,25). The fourth-order valence-corrected chi connectivity index (χ4v) is 3.37. The zero-order valence-electron chi connectivity index (χ0n) is 15.9. The van der Waals surface area contributed by atoms with Crippen LogP contribution in [0.4, 0.5) is 4.79 Å². The van der Waals surface area contributed by atoms with Crippen LogP contribution in [0, 0.1) is 5.92 Å². The van der Waals surface area contributed by atoms with E-state index in [2.05, 4.69) is 19.2 Å². The van der Waals surface area contributed by atoms with Crippen LogP contribution in [-0.2, 0) is 4.74 Å². The maximum Gasteiger partial charge on any atom is 0.317 e. The van der Waals surface area contributed by atoms with Gasteiger partial charge in [0.05, 0.1) is 19.3 Å². The van der Waals surface area contributed by atoms with E-state index in [1.165, 1.54) is 0 Å². The Morgan fingerprint density at radius 3 is 2.46 bits per heavy atom. The number of nitrogens with two attached hydrogens (primary N) is 1. The van der Waals surface area contributed by atoms with Gasteiger partial charge in [0.1, 0.15) is 0 Å². The van der Waals surface area contributed by atoms with Gasteiger partial charge in [0, 0.05) is 25.2 Å². The summed E-state index contributed by atoms with van der Waals surface area (Å²) in [6, 6.07) is 9.46. The number of aliphatic hydroxyl groups is 1. The largest absolute Gasteiger partial charge is 0.393 e. The van der Waals surface area contributed by atoms with Crippen LogP contribution in [-0.4, -0.2) is 54.5 Å². The summed E-state index contributed by atoms with van der Waals surface area (Å²) >= 11 is 0. The smallest absolute Gasteiger partial charge is 0.317 e. The van der Waals surface area contributed by atoms with E-state index in [9.17, 15) is 9.90 Å². The Kier molecular flexibility index (Phi) is 8.35. The molecule has 1 fully saturated rings. The number of amides is 2. The van der Waals surface area contributed by atoms with E-state index in [4.69, 9.17) is 10.5 Å². The second kappa shape index (κ2) is 10.5. The number of carbonyl (C=O) groups is 1. The van der Waals surface area contributed by atoms with Crippen LogP contribution in [0.2, 0.25) is 0 Å². The molecule has 3 unspecified atom stereocenters.